The van der Waals surface area contributed by atoms with Crippen LogP contribution in [0.1, 0.15) is 54.5 Å². The molecule has 2 aromatic heterocycles. The van der Waals surface area contributed by atoms with Gasteiger partial charge in [-0.2, -0.15) is 9.61 Å². The number of benzene rings is 3. The molecule has 1 unspecified atom stereocenters. The minimum absolute atomic E-state index is 0.105. The summed E-state index contributed by atoms with van der Waals surface area (Å²) in [7, 11) is 1.64. The van der Waals surface area contributed by atoms with Gasteiger partial charge in [-0.1, -0.05) is 73.7 Å². The monoisotopic (exact) mass is 548 g/mol. The Kier molecular flexibility index (Phi) is 7.51. The molecule has 5 aromatic rings. The Morgan fingerprint density at radius 1 is 0.927 bits per heavy atom. The van der Waals surface area contributed by atoms with E-state index in [0.717, 1.165) is 65.3 Å². The highest BCUT2D eigenvalue weighted by atomic mass is 16.5. The summed E-state index contributed by atoms with van der Waals surface area (Å²) in [5, 5.41) is 4.93. The molecular formula is C34H36N4O3. The number of anilines is 1. The first-order valence-corrected chi connectivity index (χ1v) is 14.4. The molecule has 1 N–H and O–H groups in total. The predicted octanol–water partition coefficient (Wildman–Crippen LogP) is 6.73. The average Bonchev–Trinajstić information content (AvgIpc) is 3.40. The van der Waals surface area contributed by atoms with Crippen LogP contribution in [0.4, 0.5) is 5.69 Å². The molecule has 41 heavy (non-hydrogen) atoms. The molecule has 3 aromatic carbocycles. The minimum Gasteiger partial charge on any atom is -0.493 e. The van der Waals surface area contributed by atoms with Crippen molar-refractivity contribution in [2.45, 2.75) is 45.6 Å². The Bertz CT molecular complexity index is 1700. The summed E-state index contributed by atoms with van der Waals surface area (Å²) >= 11 is 0. The van der Waals surface area contributed by atoms with E-state index in [2.05, 4.69) is 28.9 Å². The number of hydrogen-bond donors (Lipinski definition) is 1. The van der Waals surface area contributed by atoms with Gasteiger partial charge in [0.1, 0.15) is 18.0 Å². The second kappa shape index (κ2) is 11.5. The Balaban J connectivity index is 1.42. The van der Waals surface area contributed by atoms with Crippen LogP contribution in [0.25, 0.3) is 16.9 Å². The number of ether oxygens (including phenoxy) is 2. The molecule has 0 aliphatic carbocycles. The lowest BCUT2D eigenvalue weighted by Gasteiger charge is -2.28. The number of aromatic amines is 1. The molecule has 210 valence electrons. The van der Waals surface area contributed by atoms with Crippen molar-refractivity contribution in [3.05, 3.63) is 112 Å². The van der Waals surface area contributed by atoms with Gasteiger partial charge in [0.2, 0.25) is 0 Å². The number of rotatable bonds is 8. The van der Waals surface area contributed by atoms with E-state index in [9.17, 15) is 4.79 Å². The van der Waals surface area contributed by atoms with E-state index >= 15 is 0 Å². The standard InChI is InChI=1S/C34H36N4O3/c1-23(27-17-18-28(40-3)29(21-27)41-22-25-13-7-4-8-14-25)30-24(2)35-33-32(37-19-11-6-12-20-37)31(36-38(33)34(30)39)26-15-9-5-10-16-26/h4-5,7-10,13-18,21,23,35H,6,11-12,19-20,22H2,1-3H3. The van der Waals surface area contributed by atoms with Gasteiger partial charge in [-0.3, -0.25) is 4.79 Å². The number of piperidine rings is 1. The molecular weight excluding hydrogens is 512 g/mol. The fraction of sp³-hybridized carbons (Fsp3) is 0.294. The summed E-state index contributed by atoms with van der Waals surface area (Å²) in [5.74, 6) is 1.10. The van der Waals surface area contributed by atoms with Gasteiger partial charge >= 0.3 is 0 Å². The molecule has 1 saturated heterocycles. The third kappa shape index (κ3) is 5.20. The quantitative estimate of drug-likeness (QED) is 0.233. The largest absolute Gasteiger partial charge is 0.493 e. The van der Waals surface area contributed by atoms with Crippen molar-refractivity contribution in [2.75, 3.05) is 25.1 Å². The molecule has 0 amide bonds. The van der Waals surface area contributed by atoms with Crippen molar-refractivity contribution >= 4 is 11.3 Å². The maximum Gasteiger partial charge on any atom is 0.278 e. The third-order valence-corrected chi connectivity index (χ3v) is 8.07. The number of fused-ring (bicyclic) bond motifs is 1. The normalized spacial score (nSPS) is 14.3. The van der Waals surface area contributed by atoms with Crippen LogP contribution >= 0.6 is 0 Å². The first-order chi connectivity index (χ1) is 20.0. The molecule has 7 heteroatoms. The van der Waals surface area contributed by atoms with Crippen molar-refractivity contribution < 1.29 is 9.47 Å². The smallest absolute Gasteiger partial charge is 0.278 e. The molecule has 1 aliphatic rings. The Morgan fingerprint density at radius 3 is 2.34 bits per heavy atom. The Morgan fingerprint density at radius 2 is 1.63 bits per heavy atom. The maximum atomic E-state index is 14.2. The fourth-order valence-electron chi connectivity index (χ4n) is 5.88. The van der Waals surface area contributed by atoms with E-state index < -0.39 is 0 Å². The van der Waals surface area contributed by atoms with Crippen LogP contribution < -0.4 is 19.9 Å². The van der Waals surface area contributed by atoms with Crippen LogP contribution in [0.2, 0.25) is 0 Å². The first kappa shape index (κ1) is 26.7. The molecule has 1 atom stereocenters. The van der Waals surface area contributed by atoms with Crippen LogP contribution in [-0.4, -0.2) is 34.8 Å². The summed E-state index contributed by atoms with van der Waals surface area (Å²) < 4.78 is 13.3. The van der Waals surface area contributed by atoms with Crippen LogP contribution in [0, 0.1) is 6.92 Å². The second-order valence-corrected chi connectivity index (χ2v) is 10.7. The van der Waals surface area contributed by atoms with Crippen LogP contribution in [-0.2, 0) is 6.61 Å². The number of hydrogen-bond acceptors (Lipinski definition) is 5. The first-order valence-electron chi connectivity index (χ1n) is 14.4. The van der Waals surface area contributed by atoms with E-state index in [1.54, 1.807) is 11.6 Å². The van der Waals surface area contributed by atoms with Crippen LogP contribution in [0.15, 0.2) is 83.7 Å². The van der Waals surface area contributed by atoms with Gasteiger partial charge < -0.3 is 19.4 Å². The average molecular weight is 549 g/mol. The topological polar surface area (TPSA) is 71.9 Å². The number of aromatic nitrogens is 3. The SMILES string of the molecule is COc1ccc(C(C)c2c(C)[nH]c3c(N4CCCCC4)c(-c4ccccc4)nn3c2=O)cc1OCc1ccccc1. The van der Waals surface area contributed by atoms with Gasteiger partial charge in [-0.25, -0.2) is 0 Å². The zero-order chi connectivity index (χ0) is 28.3. The summed E-state index contributed by atoms with van der Waals surface area (Å²) in [6, 6.07) is 26.1. The highest BCUT2D eigenvalue weighted by Gasteiger charge is 2.27. The summed E-state index contributed by atoms with van der Waals surface area (Å²) in [6.07, 6.45) is 3.50. The van der Waals surface area contributed by atoms with Gasteiger partial charge in [0.05, 0.1) is 7.11 Å². The van der Waals surface area contributed by atoms with Gasteiger partial charge in [-0.05, 0) is 49.4 Å². The molecule has 6 rings (SSSR count). The number of aryl methyl sites for hydroxylation is 1. The molecule has 7 nitrogen and oxygen atoms in total. The zero-order valence-electron chi connectivity index (χ0n) is 23.9. The Labute approximate surface area is 240 Å². The van der Waals surface area contributed by atoms with Crippen molar-refractivity contribution in [1.82, 2.24) is 14.6 Å². The van der Waals surface area contributed by atoms with Gasteiger partial charge in [0, 0.05) is 35.8 Å². The van der Waals surface area contributed by atoms with Gasteiger partial charge in [-0.15, -0.1) is 0 Å². The van der Waals surface area contributed by atoms with E-state index in [1.165, 1.54) is 6.42 Å². The summed E-state index contributed by atoms with van der Waals surface area (Å²) in [6.45, 7) is 6.38. The molecule has 1 aliphatic heterocycles. The van der Waals surface area contributed by atoms with Crippen molar-refractivity contribution in [3.8, 4) is 22.8 Å². The number of H-pyrrole nitrogens is 1. The van der Waals surface area contributed by atoms with E-state index in [4.69, 9.17) is 14.6 Å². The van der Waals surface area contributed by atoms with E-state index in [-0.39, 0.29) is 11.5 Å². The van der Waals surface area contributed by atoms with Crippen molar-refractivity contribution in [1.29, 1.82) is 0 Å². The van der Waals surface area contributed by atoms with Crippen LogP contribution in [0.3, 0.4) is 0 Å². The molecule has 0 spiro atoms. The van der Waals surface area contributed by atoms with Crippen molar-refractivity contribution in [2.24, 2.45) is 0 Å². The number of methoxy groups -OCH3 is 1. The third-order valence-electron chi connectivity index (χ3n) is 8.07. The predicted molar refractivity (Wildman–Crippen MR) is 163 cm³/mol. The van der Waals surface area contributed by atoms with Gasteiger partial charge in [0.15, 0.2) is 17.1 Å². The lowest BCUT2D eigenvalue weighted by Crippen LogP contribution is -2.30. The number of nitrogens with zero attached hydrogens (tertiary/aromatic N) is 3. The highest BCUT2D eigenvalue weighted by molar-refractivity contribution is 5.86. The van der Waals surface area contributed by atoms with Gasteiger partial charge in [0.25, 0.3) is 5.56 Å². The fourth-order valence-corrected chi connectivity index (χ4v) is 5.88. The lowest BCUT2D eigenvalue weighted by molar-refractivity contribution is 0.284. The molecule has 0 saturated carbocycles. The van der Waals surface area contributed by atoms with Crippen LogP contribution in [0.5, 0.6) is 11.5 Å². The molecule has 3 heterocycles. The highest BCUT2D eigenvalue weighted by Crippen LogP contribution is 2.37. The zero-order valence-corrected chi connectivity index (χ0v) is 23.9. The molecule has 1 fully saturated rings. The summed E-state index contributed by atoms with van der Waals surface area (Å²) in [5.41, 5.74) is 7.07. The lowest BCUT2D eigenvalue weighted by atomic mass is 9.92. The second-order valence-electron chi connectivity index (χ2n) is 10.7. The molecule has 0 radical (unpaired) electrons. The minimum atomic E-state index is -0.198. The van der Waals surface area contributed by atoms with E-state index in [1.807, 2.05) is 73.7 Å². The maximum absolute atomic E-state index is 14.2. The Hall–Kier alpha value is -4.52. The number of nitrogens with one attached hydrogen (secondary N) is 1. The summed E-state index contributed by atoms with van der Waals surface area (Å²) in [4.78, 5) is 20.1. The van der Waals surface area contributed by atoms with Crippen molar-refractivity contribution in [3.63, 3.8) is 0 Å². The van der Waals surface area contributed by atoms with E-state index in [0.29, 0.717) is 23.7 Å². The molecule has 0 bridgehead atoms.